The van der Waals surface area contributed by atoms with Crippen LogP contribution < -0.4 is 10.2 Å². The summed E-state index contributed by atoms with van der Waals surface area (Å²) in [6.45, 7) is 16.1. The molecular weight excluding hydrogens is 768 g/mol. The van der Waals surface area contributed by atoms with Gasteiger partial charge in [0.15, 0.2) is 5.69 Å². The van der Waals surface area contributed by atoms with Crippen molar-refractivity contribution in [1.29, 1.82) is 0 Å². The number of benzene rings is 1. The number of aromatic nitrogens is 3. The van der Waals surface area contributed by atoms with Crippen LogP contribution in [0.25, 0.3) is 11.6 Å². The highest BCUT2D eigenvalue weighted by atomic mass is 19.4. The zero-order valence-electron chi connectivity index (χ0n) is 32.5. The molecule has 1 N–H and O–H groups in total. The SMILES string of the molecule is C=CCC[C@@](OCc1ccccc1)(c1nnc(-c2nc(NC(CC=C)C(=O)OCC)c(C(F)(F)F)cc2N(C(=O)OC(C)(C)C)C(=O)OC(C)(C)C)o1)C(F)(F)F. The van der Waals surface area contributed by atoms with Crippen LogP contribution in [0.1, 0.15) is 84.7 Å². The summed E-state index contributed by atoms with van der Waals surface area (Å²) in [5.41, 5.74) is -9.28. The van der Waals surface area contributed by atoms with Crippen molar-refractivity contribution in [2.24, 2.45) is 0 Å². The largest absolute Gasteiger partial charge is 0.464 e. The number of pyridine rings is 1. The normalized spacial score (nSPS) is 13.8. The molecule has 0 radical (unpaired) electrons. The summed E-state index contributed by atoms with van der Waals surface area (Å²) in [5.74, 6) is -4.29. The number of anilines is 2. The molecular formula is C38H45F6N5O8. The Kier molecular flexibility index (Phi) is 14.7. The maximum Gasteiger partial charge on any atom is 0.426 e. The van der Waals surface area contributed by atoms with E-state index in [1.807, 2.05) is 0 Å². The minimum Gasteiger partial charge on any atom is -0.464 e. The summed E-state index contributed by atoms with van der Waals surface area (Å²) in [6, 6.07) is 6.58. The second kappa shape index (κ2) is 18.2. The summed E-state index contributed by atoms with van der Waals surface area (Å²) in [4.78, 5) is 44.3. The van der Waals surface area contributed by atoms with Crippen LogP contribution in [0.15, 0.2) is 66.1 Å². The van der Waals surface area contributed by atoms with E-state index >= 15 is 13.2 Å². The highest BCUT2D eigenvalue weighted by Gasteiger charge is 2.61. The average molecular weight is 814 g/mol. The van der Waals surface area contributed by atoms with Crippen LogP contribution in [0.4, 0.5) is 47.4 Å². The van der Waals surface area contributed by atoms with Gasteiger partial charge in [-0.05, 0) is 79.4 Å². The lowest BCUT2D eigenvalue weighted by atomic mass is 9.96. The number of hydrogen-bond acceptors (Lipinski definition) is 12. The fraction of sp³-hybridized carbons (Fsp3) is 0.474. The topological polar surface area (TPSA) is 155 Å². The molecule has 0 aliphatic rings. The molecule has 0 aliphatic carbocycles. The van der Waals surface area contributed by atoms with Gasteiger partial charge in [-0.1, -0.05) is 42.5 Å². The Balaban J connectivity index is 2.48. The molecule has 19 heteroatoms. The molecule has 0 aliphatic heterocycles. The van der Waals surface area contributed by atoms with E-state index in [0.717, 1.165) is 0 Å². The van der Waals surface area contributed by atoms with Crippen LogP contribution in [-0.4, -0.2) is 63.4 Å². The number of esters is 1. The van der Waals surface area contributed by atoms with Gasteiger partial charge in [-0.3, -0.25) is 0 Å². The van der Waals surface area contributed by atoms with Gasteiger partial charge in [0.05, 0.1) is 24.5 Å². The minimum atomic E-state index is -5.31. The fourth-order valence-electron chi connectivity index (χ4n) is 4.99. The Hall–Kier alpha value is -5.46. The monoisotopic (exact) mass is 813 g/mol. The molecule has 13 nitrogen and oxygen atoms in total. The maximum atomic E-state index is 15.2. The Morgan fingerprint density at radius 2 is 1.51 bits per heavy atom. The fourth-order valence-corrected chi connectivity index (χ4v) is 4.99. The van der Waals surface area contributed by atoms with Gasteiger partial charge in [0.25, 0.3) is 11.8 Å². The number of nitrogens with zero attached hydrogens (tertiary/aromatic N) is 4. The van der Waals surface area contributed by atoms with Crippen molar-refractivity contribution in [2.45, 2.75) is 110 Å². The van der Waals surface area contributed by atoms with Crippen molar-refractivity contribution < 1.29 is 64.1 Å². The van der Waals surface area contributed by atoms with E-state index in [2.05, 4.69) is 33.7 Å². The van der Waals surface area contributed by atoms with Gasteiger partial charge in [0, 0.05) is 0 Å². The predicted octanol–water partition coefficient (Wildman–Crippen LogP) is 9.69. The van der Waals surface area contributed by atoms with Gasteiger partial charge < -0.3 is 28.7 Å². The van der Waals surface area contributed by atoms with Crippen molar-refractivity contribution >= 4 is 29.7 Å². The average Bonchev–Trinajstić information content (AvgIpc) is 3.57. The van der Waals surface area contributed by atoms with Crippen LogP contribution in [0.5, 0.6) is 0 Å². The van der Waals surface area contributed by atoms with Crippen LogP contribution in [0, 0.1) is 0 Å². The zero-order chi connectivity index (χ0) is 43.0. The molecule has 0 saturated heterocycles. The molecule has 57 heavy (non-hydrogen) atoms. The van der Waals surface area contributed by atoms with E-state index in [0.29, 0.717) is 5.56 Å². The Morgan fingerprint density at radius 1 is 0.912 bits per heavy atom. The summed E-state index contributed by atoms with van der Waals surface area (Å²) in [7, 11) is 0. The number of carbonyl (C=O) groups is 3. The molecule has 2 heterocycles. The molecule has 1 aromatic carbocycles. The van der Waals surface area contributed by atoms with Crippen LogP contribution in [-0.2, 0) is 42.1 Å². The van der Waals surface area contributed by atoms with E-state index in [9.17, 15) is 27.6 Å². The van der Waals surface area contributed by atoms with E-state index in [1.54, 1.807) is 18.2 Å². The Morgan fingerprint density at radius 3 is 2.00 bits per heavy atom. The van der Waals surface area contributed by atoms with Crippen molar-refractivity contribution in [2.75, 3.05) is 16.8 Å². The molecule has 0 fully saturated rings. The predicted molar refractivity (Wildman–Crippen MR) is 195 cm³/mol. The third-order valence-electron chi connectivity index (χ3n) is 7.44. The minimum absolute atomic E-state index is 0.0644. The molecule has 312 valence electrons. The number of allylic oxidation sites excluding steroid dienone is 1. The molecule has 3 rings (SSSR count). The van der Waals surface area contributed by atoms with Crippen molar-refractivity contribution in [3.05, 3.63) is 78.7 Å². The van der Waals surface area contributed by atoms with Crippen molar-refractivity contribution in [3.63, 3.8) is 0 Å². The number of hydrogen-bond donors (Lipinski definition) is 1. The molecule has 0 spiro atoms. The van der Waals surface area contributed by atoms with Crippen LogP contribution in [0.3, 0.4) is 0 Å². The number of rotatable bonds is 15. The van der Waals surface area contributed by atoms with E-state index in [1.165, 1.54) is 72.8 Å². The number of halogens is 6. The number of ether oxygens (including phenoxy) is 4. The third kappa shape index (κ3) is 12.0. The molecule has 0 saturated carbocycles. The van der Waals surface area contributed by atoms with Gasteiger partial charge in [-0.25, -0.2) is 19.4 Å². The number of nitrogens with one attached hydrogen (secondary N) is 1. The first-order valence-corrected chi connectivity index (χ1v) is 17.5. The second-order valence-electron chi connectivity index (χ2n) is 14.4. The number of amides is 2. The van der Waals surface area contributed by atoms with Gasteiger partial charge in [0.2, 0.25) is 5.60 Å². The smallest absolute Gasteiger partial charge is 0.426 e. The standard InChI is InChI=1S/C38H45F6N5O8/c1-10-13-20-36(38(42,43)44,54-22-23-18-15-14-16-19-23)31-48-47-29(55-31)27-26(49(32(51)56-34(4,5)6)33(52)57-35(7,8)9)21-24(37(39,40)41)28(46-27)45-25(17-11-2)30(50)53-12-3/h10-11,14-16,18-19,21,25H,1-2,12-13,17,20,22H2,3-9H3,(H,45,46)/t25?,36-/m1/s1. The summed E-state index contributed by atoms with van der Waals surface area (Å²) in [5, 5.41) is 9.70. The number of carbonyl (C=O) groups excluding carboxylic acids is 3. The molecule has 1 unspecified atom stereocenters. The molecule has 2 amide bonds. The maximum absolute atomic E-state index is 15.2. The second-order valence-corrected chi connectivity index (χ2v) is 14.4. The van der Waals surface area contributed by atoms with E-state index in [-0.39, 0.29) is 30.4 Å². The van der Waals surface area contributed by atoms with Crippen LogP contribution in [0.2, 0.25) is 0 Å². The van der Waals surface area contributed by atoms with Gasteiger partial charge >= 0.3 is 30.5 Å². The highest BCUT2D eigenvalue weighted by molar-refractivity contribution is 6.11. The Labute approximate surface area is 325 Å². The highest BCUT2D eigenvalue weighted by Crippen LogP contribution is 2.48. The molecule has 3 aromatic rings. The third-order valence-corrected chi connectivity index (χ3v) is 7.44. The molecule has 2 aromatic heterocycles. The first-order valence-electron chi connectivity index (χ1n) is 17.5. The lowest BCUT2D eigenvalue weighted by Crippen LogP contribution is -2.45. The lowest BCUT2D eigenvalue weighted by molar-refractivity contribution is -0.299. The van der Waals surface area contributed by atoms with E-state index < -0.39 is 101 Å². The van der Waals surface area contributed by atoms with Crippen molar-refractivity contribution in [3.8, 4) is 11.6 Å². The molecule has 0 bridgehead atoms. The summed E-state index contributed by atoms with van der Waals surface area (Å²) >= 11 is 0. The summed E-state index contributed by atoms with van der Waals surface area (Å²) in [6.07, 6.45) is -12.7. The number of imide groups is 1. The molecule has 2 atom stereocenters. The summed E-state index contributed by atoms with van der Waals surface area (Å²) < 4.78 is 117. The first-order chi connectivity index (χ1) is 26.4. The first kappa shape index (κ1) is 45.9. The van der Waals surface area contributed by atoms with Crippen molar-refractivity contribution in [1.82, 2.24) is 15.2 Å². The van der Waals surface area contributed by atoms with Gasteiger partial charge in [-0.15, -0.1) is 23.4 Å². The Bertz CT molecular complexity index is 1860. The quantitative estimate of drug-likeness (QED) is 0.0672. The van der Waals surface area contributed by atoms with E-state index in [4.69, 9.17) is 23.4 Å². The van der Waals surface area contributed by atoms with Gasteiger partial charge in [-0.2, -0.15) is 31.2 Å². The lowest BCUT2D eigenvalue weighted by Gasteiger charge is -2.32. The van der Waals surface area contributed by atoms with Gasteiger partial charge in [0.1, 0.15) is 23.1 Å². The zero-order valence-corrected chi connectivity index (χ0v) is 32.5. The van der Waals surface area contributed by atoms with Crippen LogP contribution >= 0.6 is 0 Å². The number of alkyl halides is 6.